The second-order valence-corrected chi connectivity index (χ2v) is 5.87. The van der Waals surface area contributed by atoms with E-state index in [1.54, 1.807) is 0 Å². The third-order valence-electron chi connectivity index (χ3n) is 2.72. The summed E-state index contributed by atoms with van der Waals surface area (Å²) in [6, 6.07) is 1.38. The number of alkyl halides is 6. The van der Waals surface area contributed by atoms with Gasteiger partial charge in [0.05, 0.1) is 17.7 Å². The Bertz CT molecular complexity index is 482. The van der Waals surface area contributed by atoms with Gasteiger partial charge in [-0.05, 0) is 30.0 Å². The molecule has 0 aromatic heterocycles. The average Bonchev–Trinajstić information content (AvgIpc) is 2.24. The fourth-order valence-electron chi connectivity index (χ4n) is 1.52. The Balaban J connectivity index is 3.04. The molecule has 1 nitrogen and oxygen atoms in total. The maximum Gasteiger partial charge on any atom is 0.419 e. The maximum atomic E-state index is 12.8. The van der Waals surface area contributed by atoms with Crippen LogP contribution in [-0.2, 0) is 12.4 Å². The lowest BCUT2D eigenvalue weighted by Crippen LogP contribution is -2.15. The van der Waals surface area contributed by atoms with Crippen molar-refractivity contribution in [2.24, 2.45) is 5.41 Å². The van der Waals surface area contributed by atoms with Crippen molar-refractivity contribution in [2.75, 3.05) is 6.61 Å². The van der Waals surface area contributed by atoms with E-state index in [0.717, 1.165) is 0 Å². The lowest BCUT2D eigenvalue weighted by Gasteiger charge is -2.20. The molecule has 0 unspecified atom stereocenters. The van der Waals surface area contributed by atoms with Crippen LogP contribution in [0.15, 0.2) is 18.2 Å². The first kappa shape index (κ1) is 17.7. The fourth-order valence-corrected chi connectivity index (χ4v) is 1.52. The third kappa shape index (κ3) is 5.47. The SMILES string of the molecule is CC(C)(C)CCOc1ccc(C(F)(F)F)cc1C(F)(F)F. The second-order valence-electron chi connectivity index (χ2n) is 5.87. The smallest absolute Gasteiger partial charge is 0.419 e. The molecule has 0 fully saturated rings. The number of benzene rings is 1. The first-order chi connectivity index (χ1) is 9.31. The molecule has 0 bridgehead atoms. The van der Waals surface area contributed by atoms with Gasteiger partial charge in [0.1, 0.15) is 5.75 Å². The molecule has 0 saturated heterocycles. The van der Waals surface area contributed by atoms with Gasteiger partial charge in [-0.15, -0.1) is 0 Å². The van der Waals surface area contributed by atoms with E-state index in [1.807, 2.05) is 20.8 Å². The highest BCUT2D eigenvalue weighted by Gasteiger charge is 2.38. The topological polar surface area (TPSA) is 9.23 Å². The van der Waals surface area contributed by atoms with Crippen LogP contribution in [-0.4, -0.2) is 6.61 Å². The third-order valence-corrected chi connectivity index (χ3v) is 2.72. The van der Waals surface area contributed by atoms with E-state index in [-0.39, 0.29) is 18.1 Å². The molecule has 0 heterocycles. The monoisotopic (exact) mass is 314 g/mol. The van der Waals surface area contributed by atoms with Crippen LogP contribution >= 0.6 is 0 Å². The summed E-state index contributed by atoms with van der Waals surface area (Å²) >= 11 is 0. The average molecular weight is 314 g/mol. The van der Waals surface area contributed by atoms with Crippen LogP contribution in [0, 0.1) is 5.41 Å². The Morgan fingerprint density at radius 3 is 1.90 bits per heavy atom. The highest BCUT2D eigenvalue weighted by Crippen LogP contribution is 2.40. The van der Waals surface area contributed by atoms with Crippen LogP contribution < -0.4 is 4.74 Å². The first-order valence-corrected chi connectivity index (χ1v) is 6.22. The normalized spacial score (nSPS) is 13.4. The molecule has 1 aromatic carbocycles. The van der Waals surface area contributed by atoms with Crippen LogP contribution in [0.2, 0.25) is 0 Å². The summed E-state index contributed by atoms with van der Waals surface area (Å²) in [4.78, 5) is 0. The highest BCUT2D eigenvalue weighted by atomic mass is 19.4. The summed E-state index contributed by atoms with van der Waals surface area (Å²) in [6.07, 6.45) is -9.26. The van der Waals surface area contributed by atoms with E-state index in [0.29, 0.717) is 18.6 Å². The second kappa shape index (κ2) is 5.77. The minimum Gasteiger partial charge on any atom is -0.493 e. The van der Waals surface area contributed by atoms with Crippen molar-refractivity contribution in [1.82, 2.24) is 0 Å². The van der Waals surface area contributed by atoms with Gasteiger partial charge in [-0.2, -0.15) is 26.3 Å². The van der Waals surface area contributed by atoms with Gasteiger partial charge in [-0.3, -0.25) is 0 Å². The predicted molar refractivity (Wildman–Crippen MR) is 66.0 cm³/mol. The molecule has 0 radical (unpaired) electrons. The summed E-state index contributed by atoms with van der Waals surface area (Å²) in [5.74, 6) is -0.584. The molecular formula is C14H16F6O. The highest BCUT2D eigenvalue weighted by molar-refractivity contribution is 5.40. The van der Waals surface area contributed by atoms with Gasteiger partial charge in [0.2, 0.25) is 0 Å². The number of hydrogen-bond donors (Lipinski definition) is 0. The standard InChI is InChI=1S/C14H16F6O/c1-12(2,3)6-7-21-11-5-4-9(13(15,16)17)8-10(11)14(18,19)20/h4-5,8H,6-7H2,1-3H3. The van der Waals surface area contributed by atoms with Gasteiger partial charge < -0.3 is 4.74 Å². The van der Waals surface area contributed by atoms with E-state index in [9.17, 15) is 26.3 Å². The number of ether oxygens (including phenoxy) is 1. The molecule has 0 saturated carbocycles. The molecule has 1 rings (SSSR count). The zero-order chi connectivity index (χ0) is 16.5. The summed E-state index contributed by atoms with van der Waals surface area (Å²) in [7, 11) is 0. The van der Waals surface area contributed by atoms with E-state index in [4.69, 9.17) is 4.74 Å². The van der Waals surface area contributed by atoms with Crippen molar-refractivity contribution < 1.29 is 31.1 Å². The minimum atomic E-state index is -4.90. The Hall–Kier alpha value is -1.40. The van der Waals surface area contributed by atoms with Crippen LogP contribution in [0.1, 0.15) is 38.3 Å². The molecule has 0 aliphatic rings. The summed E-state index contributed by atoms with van der Waals surface area (Å²) < 4.78 is 81.0. The number of hydrogen-bond acceptors (Lipinski definition) is 1. The molecular weight excluding hydrogens is 298 g/mol. The molecule has 1 aromatic rings. The van der Waals surface area contributed by atoms with Crippen LogP contribution in [0.25, 0.3) is 0 Å². The van der Waals surface area contributed by atoms with Gasteiger partial charge >= 0.3 is 12.4 Å². The van der Waals surface area contributed by atoms with Gasteiger partial charge in [-0.1, -0.05) is 20.8 Å². The van der Waals surface area contributed by atoms with E-state index < -0.39 is 29.2 Å². The van der Waals surface area contributed by atoms with Crippen LogP contribution in [0.5, 0.6) is 5.75 Å². The number of rotatable bonds is 3. The molecule has 7 heteroatoms. The van der Waals surface area contributed by atoms with Gasteiger partial charge in [0, 0.05) is 0 Å². The molecule has 0 aliphatic heterocycles. The largest absolute Gasteiger partial charge is 0.493 e. The van der Waals surface area contributed by atoms with Gasteiger partial charge in [0.15, 0.2) is 0 Å². The zero-order valence-electron chi connectivity index (χ0n) is 11.8. The summed E-state index contributed by atoms with van der Waals surface area (Å²) in [5, 5.41) is 0. The predicted octanol–water partition coefficient (Wildman–Crippen LogP) is 5.54. The Labute approximate surface area is 118 Å². The van der Waals surface area contributed by atoms with Crippen molar-refractivity contribution in [3.8, 4) is 5.75 Å². The van der Waals surface area contributed by atoms with Gasteiger partial charge in [0.25, 0.3) is 0 Å². The first-order valence-electron chi connectivity index (χ1n) is 6.22. The number of halogens is 6. The van der Waals surface area contributed by atoms with E-state index in [2.05, 4.69) is 0 Å². The van der Waals surface area contributed by atoms with Crippen molar-refractivity contribution in [3.63, 3.8) is 0 Å². The molecule has 0 N–H and O–H groups in total. The fraction of sp³-hybridized carbons (Fsp3) is 0.571. The maximum absolute atomic E-state index is 12.8. The molecule has 0 amide bonds. The molecule has 0 atom stereocenters. The van der Waals surface area contributed by atoms with Crippen molar-refractivity contribution >= 4 is 0 Å². The molecule has 120 valence electrons. The summed E-state index contributed by atoms with van der Waals surface area (Å²) in [6.45, 7) is 5.65. The lowest BCUT2D eigenvalue weighted by molar-refractivity contribution is -0.143. The quantitative estimate of drug-likeness (QED) is 0.666. The Morgan fingerprint density at radius 2 is 1.48 bits per heavy atom. The molecule has 0 spiro atoms. The van der Waals surface area contributed by atoms with Crippen molar-refractivity contribution in [3.05, 3.63) is 29.3 Å². The van der Waals surface area contributed by atoms with E-state index in [1.165, 1.54) is 0 Å². The zero-order valence-corrected chi connectivity index (χ0v) is 11.8. The van der Waals surface area contributed by atoms with Crippen LogP contribution in [0.3, 0.4) is 0 Å². The Morgan fingerprint density at radius 1 is 0.905 bits per heavy atom. The molecule has 21 heavy (non-hydrogen) atoms. The minimum absolute atomic E-state index is 0.00204. The van der Waals surface area contributed by atoms with Crippen molar-refractivity contribution in [2.45, 2.75) is 39.5 Å². The Kier molecular flexibility index (Phi) is 4.85. The van der Waals surface area contributed by atoms with Gasteiger partial charge in [-0.25, -0.2) is 0 Å². The lowest BCUT2D eigenvalue weighted by atomic mass is 9.93. The van der Waals surface area contributed by atoms with Crippen LogP contribution in [0.4, 0.5) is 26.3 Å². The summed E-state index contributed by atoms with van der Waals surface area (Å²) in [5.41, 5.74) is -2.91. The molecule has 0 aliphatic carbocycles. The van der Waals surface area contributed by atoms with Crippen molar-refractivity contribution in [1.29, 1.82) is 0 Å². The van der Waals surface area contributed by atoms with E-state index >= 15 is 0 Å².